The molecule has 2 rings (SSSR count). The van der Waals surface area contributed by atoms with Crippen LogP contribution >= 0.6 is 11.6 Å². The molecule has 2 aromatic rings. The minimum atomic E-state index is -0.237. The lowest BCUT2D eigenvalue weighted by molar-refractivity contribution is 0.102. The second-order valence-electron chi connectivity index (χ2n) is 4.14. The molecule has 20 heavy (non-hydrogen) atoms. The van der Waals surface area contributed by atoms with Crippen LogP contribution in [0.5, 0.6) is 0 Å². The van der Waals surface area contributed by atoms with Crippen LogP contribution in [0.4, 0.5) is 11.5 Å². The van der Waals surface area contributed by atoms with Crippen molar-refractivity contribution in [3.63, 3.8) is 0 Å². The molecule has 0 bridgehead atoms. The van der Waals surface area contributed by atoms with Gasteiger partial charge in [0.05, 0.1) is 5.56 Å². The van der Waals surface area contributed by atoms with Crippen LogP contribution in [-0.2, 0) is 0 Å². The Kier molecular flexibility index (Phi) is 4.90. The molecule has 2 N–H and O–H groups in total. The van der Waals surface area contributed by atoms with E-state index in [1.807, 2.05) is 18.2 Å². The SMILES string of the molecule is CCCNc1ccccc1C(=O)Nc1ccnc(Cl)n1. The van der Waals surface area contributed by atoms with Gasteiger partial charge >= 0.3 is 0 Å². The number of hydrogen-bond donors (Lipinski definition) is 2. The second-order valence-corrected chi connectivity index (χ2v) is 4.48. The molecule has 0 radical (unpaired) electrons. The van der Waals surface area contributed by atoms with E-state index in [1.165, 1.54) is 6.20 Å². The molecule has 0 aliphatic rings. The Morgan fingerprint density at radius 3 is 2.85 bits per heavy atom. The summed E-state index contributed by atoms with van der Waals surface area (Å²) in [5.41, 5.74) is 1.36. The number of carbonyl (C=O) groups is 1. The maximum Gasteiger partial charge on any atom is 0.258 e. The molecule has 104 valence electrons. The third-order valence-corrected chi connectivity index (χ3v) is 2.79. The summed E-state index contributed by atoms with van der Waals surface area (Å²) in [5, 5.41) is 6.02. The summed E-state index contributed by atoms with van der Waals surface area (Å²) in [6, 6.07) is 8.93. The zero-order valence-corrected chi connectivity index (χ0v) is 11.8. The van der Waals surface area contributed by atoms with Gasteiger partial charge in [-0.1, -0.05) is 19.1 Å². The largest absolute Gasteiger partial charge is 0.384 e. The monoisotopic (exact) mass is 290 g/mol. The maximum absolute atomic E-state index is 12.3. The molecule has 0 unspecified atom stereocenters. The Labute approximate surface area is 122 Å². The fourth-order valence-corrected chi connectivity index (χ4v) is 1.83. The van der Waals surface area contributed by atoms with Gasteiger partial charge in [0.25, 0.3) is 5.91 Å². The molecule has 1 aromatic carbocycles. The number of halogens is 1. The molecule has 0 saturated carbocycles. The number of aromatic nitrogens is 2. The minimum absolute atomic E-state index is 0.0974. The van der Waals surface area contributed by atoms with Gasteiger partial charge in [0.1, 0.15) is 5.82 Å². The molecule has 1 heterocycles. The number of nitrogens with one attached hydrogen (secondary N) is 2. The first-order chi connectivity index (χ1) is 9.70. The molecule has 0 saturated heterocycles. The highest BCUT2D eigenvalue weighted by Crippen LogP contribution is 2.17. The molecule has 6 heteroatoms. The first-order valence-corrected chi connectivity index (χ1v) is 6.71. The third kappa shape index (κ3) is 3.68. The topological polar surface area (TPSA) is 66.9 Å². The number of nitrogens with zero attached hydrogens (tertiary/aromatic N) is 2. The van der Waals surface area contributed by atoms with Crippen LogP contribution in [0.3, 0.4) is 0 Å². The van der Waals surface area contributed by atoms with Crippen LogP contribution in [0.25, 0.3) is 0 Å². The highest BCUT2D eigenvalue weighted by molar-refractivity contribution is 6.28. The fraction of sp³-hybridized carbons (Fsp3) is 0.214. The summed E-state index contributed by atoms with van der Waals surface area (Å²) in [7, 11) is 0. The quantitative estimate of drug-likeness (QED) is 0.830. The van der Waals surface area contributed by atoms with Crippen molar-refractivity contribution in [3.8, 4) is 0 Å². The highest BCUT2D eigenvalue weighted by atomic mass is 35.5. The molecule has 0 fully saturated rings. The highest BCUT2D eigenvalue weighted by Gasteiger charge is 2.11. The number of para-hydroxylation sites is 1. The number of hydrogen-bond acceptors (Lipinski definition) is 4. The van der Waals surface area contributed by atoms with Crippen LogP contribution in [0.2, 0.25) is 5.28 Å². The first kappa shape index (κ1) is 14.3. The number of benzene rings is 1. The van der Waals surface area contributed by atoms with E-state index in [0.717, 1.165) is 18.7 Å². The van der Waals surface area contributed by atoms with Crippen molar-refractivity contribution in [1.29, 1.82) is 0 Å². The lowest BCUT2D eigenvalue weighted by Crippen LogP contribution is -2.16. The Bertz CT molecular complexity index is 603. The van der Waals surface area contributed by atoms with Gasteiger partial charge < -0.3 is 10.6 Å². The summed E-state index contributed by atoms with van der Waals surface area (Å²) in [4.78, 5) is 20.0. The zero-order chi connectivity index (χ0) is 14.4. The Balaban J connectivity index is 2.16. The second kappa shape index (κ2) is 6.86. The lowest BCUT2D eigenvalue weighted by atomic mass is 10.1. The number of amides is 1. The van der Waals surface area contributed by atoms with E-state index in [1.54, 1.807) is 12.1 Å². The molecule has 1 amide bonds. The van der Waals surface area contributed by atoms with Crippen molar-refractivity contribution in [3.05, 3.63) is 47.4 Å². The van der Waals surface area contributed by atoms with Crippen molar-refractivity contribution >= 4 is 29.0 Å². The predicted octanol–water partition coefficient (Wildman–Crippen LogP) is 3.20. The van der Waals surface area contributed by atoms with E-state index < -0.39 is 0 Å². The Hall–Kier alpha value is -2.14. The smallest absolute Gasteiger partial charge is 0.258 e. The molecular weight excluding hydrogens is 276 g/mol. The molecule has 0 aliphatic carbocycles. The van der Waals surface area contributed by atoms with Crippen LogP contribution in [-0.4, -0.2) is 22.4 Å². The van der Waals surface area contributed by atoms with E-state index in [-0.39, 0.29) is 11.2 Å². The standard InChI is InChI=1S/C14H15ClN4O/c1-2-8-16-11-6-4-3-5-10(11)13(20)18-12-7-9-17-14(15)19-12/h3-7,9,16H,2,8H2,1H3,(H,17,18,19,20). The van der Waals surface area contributed by atoms with Crippen LogP contribution in [0.15, 0.2) is 36.5 Å². The number of rotatable bonds is 5. The summed E-state index contributed by atoms with van der Waals surface area (Å²) in [6.07, 6.45) is 2.48. The van der Waals surface area contributed by atoms with Crippen LogP contribution in [0.1, 0.15) is 23.7 Å². The zero-order valence-electron chi connectivity index (χ0n) is 11.1. The summed E-state index contributed by atoms with van der Waals surface area (Å²) < 4.78 is 0. The minimum Gasteiger partial charge on any atom is -0.384 e. The molecule has 0 aliphatic heterocycles. The first-order valence-electron chi connectivity index (χ1n) is 6.33. The van der Waals surface area contributed by atoms with Crippen molar-refractivity contribution in [1.82, 2.24) is 9.97 Å². The lowest BCUT2D eigenvalue weighted by Gasteiger charge is -2.11. The summed E-state index contributed by atoms with van der Waals surface area (Å²) in [5.74, 6) is 0.138. The predicted molar refractivity (Wildman–Crippen MR) is 80.2 cm³/mol. The molecule has 1 aromatic heterocycles. The van der Waals surface area contributed by atoms with Gasteiger partial charge in [0.15, 0.2) is 0 Å². The number of anilines is 2. The van der Waals surface area contributed by atoms with Crippen LogP contribution < -0.4 is 10.6 Å². The van der Waals surface area contributed by atoms with E-state index in [0.29, 0.717) is 11.4 Å². The fourth-order valence-electron chi connectivity index (χ4n) is 1.68. The third-order valence-electron chi connectivity index (χ3n) is 2.60. The van der Waals surface area contributed by atoms with E-state index in [9.17, 15) is 4.79 Å². The van der Waals surface area contributed by atoms with Crippen molar-refractivity contribution in [2.45, 2.75) is 13.3 Å². The van der Waals surface area contributed by atoms with Crippen molar-refractivity contribution < 1.29 is 4.79 Å². The van der Waals surface area contributed by atoms with Gasteiger partial charge in [-0.05, 0) is 36.2 Å². The van der Waals surface area contributed by atoms with Crippen LogP contribution in [0, 0.1) is 0 Å². The van der Waals surface area contributed by atoms with E-state index >= 15 is 0 Å². The molecular formula is C14H15ClN4O. The maximum atomic E-state index is 12.3. The molecule has 5 nitrogen and oxygen atoms in total. The van der Waals surface area contributed by atoms with Gasteiger partial charge in [-0.2, -0.15) is 0 Å². The average molecular weight is 291 g/mol. The van der Waals surface area contributed by atoms with Gasteiger partial charge in [-0.3, -0.25) is 4.79 Å². The Morgan fingerprint density at radius 1 is 1.30 bits per heavy atom. The molecule has 0 spiro atoms. The molecule has 0 atom stereocenters. The van der Waals surface area contributed by atoms with Crippen molar-refractivity contribution in [2.24, 2.45) is 0 Å². The average Bonchev–Trinajstić information content (AvgIpc) is 2.45. The van der Waals surface area contributed by atoms with Gasteiger partial charge in [0.2, 0.25) is 5.28 Å². The Morgan fingerprint density at radius 2 is 2.10 bits per heavy atom. The normalized spacial score (nSPS) is 10.1. The summed E-state index contributed by atoms with van der Waals surface area (Å²) >= 11 is 5.69. The number of carbonyl (C=O) groups excluding carboxylic acids is 1. The van der Waals surface area contributed by atoms with Crippen molar-refractivity contribution in [2.75, 3.05) is 17.2 Å². The van der Waals surface area contributed by atoms with E-state index in [4.69, 9.17) is 11.6 Å². The summed E-state index contributed by atoms with van der Waals surface area (Å²) in [6.45, 7) is 2.88. The van der Waals surface area contributed by atoms with Gasteiger partial charge in [-0.15, -0.1) is 0 Å². The van der Waals surface area contributed by atoms with Gasteiger partial charge in [0, 0.05) is 18.4 Å². The van der Waals surface area contributed by atoms with Gasteiger partial charge in [-0.25, -0.2) is 9.97 Å². The van der Waals surface area contributed by atoms with E-state index in [2.05, 4.69) is 27.5 Å².